The van der Waals surface area contributed by atoms with Crippen LogP contribution in [0.1, 0.15) is 41.2 Å². The molecule has 0 aromatic heterocycles. The van der Waals surface area contributed by atoms with E-state index < -0.39 is 12.1 Å². The average molecular weight is 291 g/mol. The van der Waals surface area contributed by atoms with Crippen LogP contribution >= 0.6 is 0 Å². The van der Waals surface area contributed by atoms with Gasteiger partial charge in [0.05, 0.1) is 12.0 Å². The second-order valence-corrected chi connectivity index (χ2v) is 6.27. The minimum absolute atomic E-state index is 0.300. The minimum atomic E-state index is -0.725. The van der Waals surface area contributed by atoms with Crippen LogP contribution in [-0.4, -0.2) is 40.7 Å². The van der Waals surface area contributed by atoms with Gasteiger partial charge in [-0.25, -0.2) is 0 Å². The largest absolute Gasteiger partial charge is 0.481 e. The first-order valence-electron chi connectivity index (χ1n) is 7.59. The Hall–Kier alpha value is -1.39. The summed E-state index contributed by atoms with van der Waals surface area (Å²) in [5.41, 5.74) is 4.39. The number of nitrogens with zero attached hydrogens (tertiary/aromatic N) is 1. The highest BCUT2D eigenvalue weighted by Crippen LogP contribution is 2.26. The predicted octanol–water partition coefficient (Wildman–Crippen LogP) is 2.44. The monoisotopic (exact) mass is 291 g/mol. The number of likely N-dealkylation sites (tertiary alicyclic amines) is 1. The fraction of sp³-hybridized carbons (Fsp3) is 0.588. The van der Waals surface area contributed by atoms with E-state index in [1.807, 2.05) is 13.8 Å². The smallest absolute Gasteiger partial charge is 0.307 e. The van der Waals surface area contributed by atoms with Crippen molar-refractivity contribution >= 4 is 5.97 Å². The molecular weight excluding hydrogens is 266 g/mol. The number of benzene rings is 1. The molecule has 2 atom stereocenters. The van der Waals surface area contributed by atoms with Crippen molar-refractivity contribution in [3.63, 3.8) is 0 Å². The SMILES string of the molecule is Cc1cc(C)c(C(O)CN2CCCC(C(=O)O)C2)c(C)c1. The summed E-state index contributed by atoms with van der Waals surface area (Å²) in [6.45, 7) is 8.01. The molecule has 21 heavy (non-hydrogen) atoms. The van der Waals surface area contributed by atoms with Gasteiger partial charge in [0.1, 0.15) is 0 Å². The van der Waals surface area contributed by atoms with Gasteiger partial charge in [0.2, 0.25) is 0 Å². The van der Waals surface area contributed by atoms with Crippen molar-refractivity contribution in [2.24, 2.45) is 5.92 Å². The maximum absolute atomic E-state index is 11.1. The Balaban J connectivity index is 2.08. The molecule has 1 saturated heterocycles. The van der Waals surface area contributed by atoms with Crippen LogP contribution in [0.15, 0.2) is 12.1 Å². The number of carbonyl (C=O) groups is 1. The number of carboxylic acid groups (broad SMARTS) is 1. The summed E-state index contributed by atoms with van der Waals surface area (Å²) in [6.07, 6.45) is 1.07. The van der Waals surface area contributed by atoms with E-state index in [4.69, 9.17) is 5.11 Å². The minimum Gasteiger partial charge on any atom is -0.481 e. The topological polar surface area (TPSA) is 60.8 Å². The molecule has 4 heteroatoms. The van der Waals surface area contributed by atoms with E-state index in [9.17, 15) is 9.90 Å². The van der Waals surface area contributed by atoms with E-state index in [2.05, 4.69) is 24.0 Å². The fourth-order valence-corrected chi connectivity index (χ4v) is 3.48. The molecule has 116 valence electrons. The molecule has 0 saturated carbocycles. The number of rotatable bonds is 4. The van der Waals surface area contributed by atoms with Crippen LogP contribution in [0, 0.1) is 26.7 Å². The van der Waals surface area contributed by atoms with Crippen LogP contribution in [0.25, 0.3) is 0 Å². The zero-order valence-electron chi connectivity index (χ0n) is 13.1. The van der Waals surface area contributed by atoms with E-state index >= 15 is 0 Å². The van der Waals surface area contributed by atoms with E-state index in [0.29, 0.717) is 13.1 Å². The lowest BCUT2D eigenvalue weighted by atomic mass is 9.94. The molecule has 0 bridgehead atoms. The van der Waals surface area contributed by atoms with Crippen molar-refractivity contribution in [2.75, 3.05) is 19.6 Å². The molecule has 1 aliphatic rings. The van der Waals surface area contributed by atoms with Gasteiger partial charge in [0, 0.05) is 13.1 Å². The molecule has 1 aliphatic heterocycles. The third-order valence-corrected chi connectivity index (χ3v) is 4.36. The van der Waals surface area contributed by atoms with Gasteiger partial charge in [-0.2, -0.15) is 0 Å². The zero-order chi connectivity index (χ0) is 15.6. The van der Waals surface area contributed by atoms with Gasteiger partial charge >= 0.3 is 5.97 Å². The van der Waals surface area contributed by atoms with E-state index in [0.717, 1.165) is 36.1 Å². The molecule has 4 nitrogen and oxygen atoms in total. The molecule has 1 aromatic carbocycles. The summed E-state index contributed by atoms with van der Waals surface area (Å²) in [4.78, 5) is 13.2. The molecular formula is C17H25NO3. The maximum Gasteiger partial charge on any atom is 0.307 e. The third-order valence-electron chi connectivity index (χ3n) is 4.36. The Morgan fingerprint density at radius 3 is 2.52 bits per heavy atom. The van der Waals surface area contributed by atoms with Crippen molar-refractivity contribution in [2.45, 2.75) is 39.7 Å². The number of β-amino-alcohol motifs (C(OH)–C–C–N with tert-alkyl or cyclic N) is 1. The van der Waals surface area contributed by atoms with E-state index in [1.165, 1.54) is 5.56 Å². The number of aliphatic carboxylic acids is 1. The lowest BCUT2D eigenvalue weighted by molar-refractivity contribution is -0.143. The van der Waals surface area contributed by atoms with Gasteiger partial charge in [-0.1, -0.05) is 17.7 Å². The van der Waals surface area contributed by atoms with Gasteiger partial charge < -0.3 is 10.2 Å². The first kappa shape index (κ1) is 16.0. The summed E-state index contributed by atoms with van der Waals surface area (Å²) in [5.74, 6) is -1.02. The summed E-state index contributed by atoms with van der Waals surface area (Å²) < 4.78 is 0. The van der Waals surface area contributed by atoms with Gasteiger partial charge in [-0.05, 0) is 56.8 Å². The fourth-order valence-electron chi connectivity index (χ4n) is 3.48. The van der Waals surface area contributed by atoms with Crippen molar-refractivity contribution in [3.8, 4) is 0 Å². The first-order valence-corrected chi connectivity index (χ1v) is 7.59. The first-order chi connectivity index (χ1) is 9.88. The van der Waals surface area contributed by atoms with Gasteiger partial charge in [-0.3, -0.25) is 9.69 Å². The Morgan fingerprint density at radius 2 is 1.95 bits per heavy atom. The van der Waals surface area contributed by atoms with Gasteiger partial charge in [-0.15, -0.1) is 0 Å². The molecule has 1 aromatic rings. The number of aryl methyl sites for hydroxylation is 3. The molecule has 2 N–H and O–H groups in total. The van der Waals surface area contributed by atoms with Crippen LogP contribution in [0.5, 0.6) is 0 Å². The second kappa shape index (κ2) is 6.58. The van der Waals surface area contributed by atoms with Gasteiger partial charge in [0.25, 0.3) is 0 Å². The van der Waals surface area contributed by atoms with Crippen molar-refractivity contribution in [1.29, 1.82) is 0 Å². The number of hydrogen-bond donors (Lipinski definition) is 2. The predicted molar refractivity (Wildman–Crippen MR) is 82.4 cm³/mol. The van der Waals surface area contributed by atoms with Crippen LogP contribution in [0.4, 0.5) is 0 Å². The summed E-state index contributed by atoms with van der Waals surface area (Å²) in [7, 11) is 0. The highest BCUT2D eigenvalue weighted by atomic mass is 16.4. The van der Waals surface area contributed by atoms with E-state index in [1.54, 1.807) is 0 Å². The summed E-state index contributed by atoms with van der Waals surface area (Å²) in [5, 5.41) is 19.7. The highest BCUT2D eigenvalue weighted by Gasteiger charge is 2.27. The van der Waals surface area contributed by atoms with E-state index in [-0.39, 0.29) is 5.92 Å². The van der Waals surface area contributed by atoms with Crippen LogP contribution in [0.2, 0.25) is 0 Å². The van der Waals surface area contributed by atoms with Gasteiger partial charge in [0.15, 0.2) is 0 Å². The van der Waals surface area contributed by atoms with Crippen LogP contribution < -0.4 is 0 Å². The molecule has 0 aliphatic carbocycles. The van der Waals surface area contributed by atoms with Crippen LogP contribution in [0.3, 0.4) is 0 Å². The lowest BCUT2D eigenvalue weighted by Gasteiger charge is -2.32. The Bertz CT molecular complexity index is 504. The molecule has 1 heterocycles. The molecule has 2 unspecified atom stereocenters. The number of piperidine rings is 1. The van der Waals surface area contributed by atoms with Crippen LogP contribution in [-0.2, 0) is 4.79 Å². The number of hydrogen-bond acceptors (Lipinski definition) is 3. The maximum atomic E-state index is 11.1. The highest BCUT2D eigenvalue weighted by molar-refractivity contribution is 5.70. The average Bonchev–Trinajstić information content (AvgIpc) is 2.37. The standard InChI is InChI=1S/C17H25NO3/c1-11-7-12(2)16(13(3)8-11)15(19)10-18-6-4-5-14(9-18)17(20)21/h7-8,14-15,19H,4-6,9-10H2,1-3H3,(H,20,21). The number of aliphatic hydroxyl groups excluding tert-OH is 1. The molecule has 0 amide bonds. The normalized spacial score (nSPS) is 21.2. The Labute approximate surface area is 126 Å². The van der Waals surface area contributed by atoms with Crippen molar-refractivity contribution < 1.29 is 15.0 Å². The summed E-state index contributed by atoms with van der Waals surface area (Å²) in [6, 6.07) is 4.17. The lowest BCUT2D eigenvalue weighted by Crippen LogP contribution is -2.40. The van der Waals surface area contributed by atoms with Crippen molar-refractivity contribution in [3.05, 3.63) is 34.4 Å². The summed E-state index contributed by atoms with van der Waals surface area (Å²) >= 11 is 0. The number of aliphatic hydroxyl groups is 1. The molecule has 1 fully saturated rings. The molecule has 0 spiro atoms. The Morgan fingerprint density at radius 1 is 1.33 bits per heavy atom. The molecule has 0 radical (unpaired) electrons. The quantitative estimate of drug-likeness (QED) is 0.894. The number of carboxylic acids is 1. The molecule has 2 rings (SSSR count). The third kappa shape index (κ3) is 3.83. The second-order valence-electron chi connectivity index (χ2n) is 6.27. The Kier molecular flexibility index (Phi) is 5.01. The zero-order valence-corrected chi connectivity index (χ0v) is 13.1. The van der Waals surface area contributed by atoms with Crippen molar-refractivity contribution in [1.82, 2.24) is 4.90 Å².